The van der Waals surface area contributed by atoms with Crippen LogP contribution in [-0.2, 0) is 20.9 Å². The van der Waals surface area contributed by atoms with E-state index in [1.54, 1.807) is 0 Å². The molecule has 2 rings (SSSR count). The molecule has 3 amide bonds. The van der Waals surface area contributed by atoms with Crippen LogP contribution < -0.4 is 5.32 Å². The van der Waals surface area contributed by atoms with E-state index in [4.69, 9.17) is 0 Å². The first-order chi connectivity index (χ1) is 12.5. The molecular weight excluding hydrogens is 332 g/mol. The summed E-state index contributed by atoms with van der Waals surface area (Å²) in [6.07, 6.45) is 0.825. The van der Waals surface area contributed by atoms with Gasteiger partial charge in [-0.15, -0.1) is 0 Å². The summed E-state index contributed by atoms with van der Waals surface area (Å²) in [4.78, 5) is 40.8. The van der Waals surface area contributed by atoms with Gasteiger partial charge in [-0.2, -0.15) is 0 Å². The fourth-order valence-electron chi connectivity index (χ4n) is 2.95. The van der Waals surface area contributed by atoms with Gasteiger partial charge in [0, 0.05) is 32.7 Å². The van der Waals surface area contributed by atoms with E-state index in [2.05, 4.69) is 22.3 Å². The van der Waals surface area contributed by atoms with Crippen molar-refractivity contribution in [3.8, 4) is 0 Å². The molecule has 142 valence electrons. The number of piperazine rings is 1. The molecule has 0 bridgehead atoms. The predicted molar refractivity (Wildman–Crippen MR) is 99.2 cm³/mol. The zero-order chi connectivity index (χ0) is 18.9. The predicted octanol–water partition coefficient (Wildman–Crippen LogP) is 0.315. The standard InChI is InChI=1S/C19H28N4O3/c1-3-22-12-13-23(19(26)18(22)25)15-17(24)20-10-7-11-21(2)14-16-8-5-4-6-9-16/h4-6,8-9H,3,7,10-15H2,1-2H3,(H,20,24). The zero-order valence-electron chi connectivity index (χ0n) is 15.6. The third-order valence-electron chi connectivity index (χ3n) is 4.45. The molecule has 0 aromatic heterocycles. The topological polar surface area (TPSA) is 73.0 Å². The maximum Gasteiger partial charge on any atom is 0.312 e. The van der Waals surface area contributed by atoms with E-state index in [1.807, 2.05) is 32.2 Å². The van der Waals surface area contributed by atoms with Gasteiger partial charge >= 0.3 is 11.8 Å². The summed E-state index contributed by atoms with van der Waals surface area (Å²) >= 11 is 0. The van der Waals surface area contributed by atoms with Crippen LogP contribution >= 0.6 is 0 Å². The molecule has 1 saturated heterocycles. The molecule has 1 heterocycles. The highest BCUT2D eigenvalue weighted by Crippen LogP contribution is 2.05. The Labute approximate surface area is 154 Å². The van der Waals surface area contributed by atoms with Gasteiger partial charge in [0.25, 0.3) is 0 Å². The van der Waals surface area contributed by atoms with Crippen LogP contribution in [0.25, 0.3) is 0 Å². The monoisotopic (exact) mass is 360 g/mol. The molecule has 1 aromatic carbocycles. The lowest BCUT2D eigenvalue weighted by Gasteiger charge is -2.32. The zero-order valence-corrected chi connectivity index (χ0v) is 15.6. The molecule has 0 radical (unpaired) electrons. The normalized spacial score (nSPS) is 14.9. The van der Waals surface area contributed by atoms with E-state index in [0.29, 0.717) is 26.2 Å². The first-order valence-electron chi connectivity index (χ1n) is 9.08. The van der Waals surface area contributed by atoms with Crippen molar-refractivity contribution in [1.29, 1.82) is 0 Å². The summed E-state index contributed by atoms with van der Waals surface area (Å²) in [6.45, 7) is 5.47. The fraction of sp³-hybridized carbons (Fsp3) is 0.526. The van der Waals surface area contributed by atoms with E-state index in [0.717, 1.165) is 19.5 Å². The van der Waals surface area contributed by atoms with E-state index in [1.165, 1.54) is 15.4 Å². The van der Waals surface area contributed by atoms with E-state index < -0.39 is 11.8 Å². The Morgan fingerprint density at radius 3 is 2.46 bits per heavy atom. The molecule has 0 unspecified atom stereocenters. The maximum atomic E-state index is 12.0. The number of hydrogen-bond donors (Lipinski definition) is 1. The smallest absolute Gasteiger partial charge is 0.312 e. The molecule has 0 saturated carbocycles. The molecule has 7 nitrogen and oxygen atoms in total. The number of nitrogens with one attached hydrogen (secondary N) is 1. The Balaban J connectivity index is 1.63. The first kappa shape index (κ1) is 19.9. The quantitative estimate of drug-likeness (QED) is 0.508. The molecule has 1 fully saturated rings. The number of hydrogen-bond acceptors (Lipinski definition) is 4. The van der Waals surface area contributed by atoms with Gasteiger partial charge in [-0.05, 0) is 32.5 Å². The second kappa shape index (κ2) is 9.91. The number of carbonyl (C=O) groups is 3. The third-order valence-corrected chi connectivity index (χ3v) is 4.45. The summed E-state index contributed by atoms with van der Waals surface area (Å²) < 4.78 is 0. The van der Waals surface area contributed by atoms with Gasteiger partial charge in [0.15, 0.2) is 0 Å². The fourth-order valence-corrected chi connectivity index (χ4v) is 2.95. The van der Waals surface area contributed by atoms with Crippen LogP contribution in [0.4, 0.5) is 0 Å². The van der Waals surface area contributed by atoms with Crippen LogP contribution in [-0.4, -0.2) is 78.7 Å². The van der Waals surface area contributed by atoms with Gasteiger partial charge in [0.05, 0.1) is 0 Å². The minimum atomic E-state index is -0.587. The van der Waals surface area contributed by atoms with Crippen molar-refractivity contribution in [2.75, 3.05) is 46.3 Å². The molecule has 1 aliphatic rings. The molecular formula is C19H28N4O3. The molecule has 0 aliphatic carbocycles. The second-order valence-electron chi connectivity index (χ2n) is 6.54. The van der Waals surface area contributed by atoms with Crippen molar-refractivity contribution in [1.82, 2.24) is 20.0 Å². The molecule has 1 aromatic rings. The number of benzene rings is 1. The molecule has 1 N–H and O–H groups in total. The van der Waals surface area contributed by atoms with Gasteiger partial charge in [-0.3, -0.25) is 14.4 Å². The summed E-state index contributed by atoms with van der Waals surface area (Å²) in [7, 11) is 2.05. The van der Waals surface area contributed by atoms with Crippen molar-refractivity contribution < 1.29 is 14.4 Å². The Morgan fingerprint density at radius 1 is 1.12 bits per heavy atom. The highest BCUT2D eigenvalue weighted by molar-refractivity contribution is 6.35. The lowest BCUT2D eigenvalue weighted by Crippen LogP contribution is -2.56. The lowest BCUT2D eigenvalue weighted by molar-refractivity contribution is -0.156. The Morgan fingerprint density at radius 2 is 1.77 bits per heavy atom. The van der Waals surface area contributed by atoms with E-state index >= 15 is 0 Å². The minimum Gasteiger partial charge on any atom is -0.355 e. The molecule has 1 aliphatic heterocycles. The Hall–Kier alpha value is -2.41. The SMILES string of the molecule is CCN1CCN(CC(=O)NCCCN(C)Cc2ccccc2)C(=O)C1=O. The lowest BCUT2D eigenvalue weighted by atomic mass is 10.2. The van der Waals surface area contributed by atoms with Crippen molar-refractivity contribution in [3.05, 3.63) is 35.9 Å². The van der Waals surface area contributed by atoms with Gasteiger partial charge < -0.3 is 20.0 Å². The van der Waals surface area contributed by atoms with Crippen molar-refractivity contribution in [2.24, 2.45) is 0 Å². The summed E-state index contributed by atoms with van der Waals surface area (Å²) in [6, 6.07) is 10.2. The van der Waals surface area contributed by atoms with Crippen molar-refractivity contribution in [3.63, 3.8) is 0 Å². The Kier molecular flexibility index (Phi) is 7.59. The maximum absolute atomic E-state index is 12.0. The highest BCUT2D eigenvalue weighted by atomic mass is 16.2. The van der Waals surface area contributed by atoms with Gasteiger partial charge in [-0.1, -0.05) is 30.3 Å². The molecule has 0 atom stereocenters. The van der Waals surface area contributed by atoms with Crippen LogP contribution in [0.3, 0.4) is 0 Å². The number of rotatable bonds is 9. The van der Waals surface area contributed by atoms with Crippen LogP contribution in [0.1, 0.15) is 18.9 Å². The number of likely N-dealkylation sites (N-methyl/N-ethyl adjacent to an activating group) is 1. The number of carbonyl (C=O) groups excluding carboxylic acids is 3. The molecule has 0 spiro atoms. The minimum absolute atomic E-state index is 0.0536. The second-order valence-corrected chi connectivity index (χ2v) is 6.54. The number of nitrogens with zero attached hydrogens (tertiary/aromatic N) is 3. The van der Waals surface area contributed by atoms with Crippen LogP contribution in [0.15, 0.2) is 30.3 Å². The van der Waals surface area contributed by atoms with E-state index in [-0.39, 0.29) is 12.5 Å². The van der Waals surface area contributed by atoms with Crippen molar-refractivity contribution >= 4 is 17.7 Å². The summed E-state index contributed by atoms with van der Waals surface area (Å²) in [5.74, 6) is -1.33. The third kappa shape index (κ3) is 5.84. The van der Waals surface area contributed by atoms with Crippen LogP contribution in [0, 0.1) is 0 Å². The molecule has 7 heteroatoms. The highest BCUT2D eigenvalue weighted by Gasteiger charge is 2.32. The van der Waals surface area contributed by atoms with Crippen LogP contribution in [0.2, 0.25) is 0 Å². The Bertz CT molecular complexity index is 620. The average molecular weight is 360 g/mol. The molecule has 26 heavy (non-hydrogen) atoms. The van der Waals surface area contributed by atoms with Gasteiger partial charge in [0.1, 0.15) is 6.54 Å². The van der Waals surface area contributed by atoms with Gasteiger partial charge in [0.2, 0.25) is 5.91 Å². The first-order valence-corrected chi connectivity index (χ1v) is 9.08. The number of amides is 3. The van der Waals surface area contributed by atoms with Crippen LogP contribution in [0.5, 0.6) is 0 Å². The summed E-state index contributed by atoms with van der Waals surface area (Å²) in [5.41, 5.74) is 1.26. The van der Waals surface area contributed by atoms with E-state index in [9.17, 15) is 14.4 Å². The van der Waals surface area contributed by atoms with Gasteiger partial charge in [-0.25, -0.2) is 0 Å². The summed E-state index contributed by atoms with van der Waals surface area (Å²) in [5, 5.41) is 2.83. The average Bonchev–Trinajstić information content (AvgIpc) is 2.64. The largest absolute Gasteiger partial charge is 0.355 e. The van der Waals surface area contributed by atoms with Crippen molar-refractivity contribution in [2.45, 2.75) is 19.9 Å².